The smallest absolute Gasteiger partial charge is 0.136 e. The number of hydrogen-bond acceptors (Lipinski definition) is 5. The Bertz CT molecular complexity index is 632. The van der Waals surface area contributed by atoms with Gasteiger partial charge in [0.25, 0.3) is 0 Å². The van der Waals surface area contributed by atoms with E-state index in [1.54, 1.807) is 7.11 Å². The van der Waals surface area contributed by atoms with Crippen LogP contribution in [0.25, 0.3) is 0 Å². The Hall–Kier alpha value is -2.01. The average molecular weight is 314 g/mol. The molecule has 0 saturated carbocycles. The molecule has 23 heavy (non-hydrogen) atoms. The molecule has 0 aromatic carbocycles. The van der Waals surface area contributed by atoms with E-state index in [4.69, 9.17) is 4.74 Å². The molecular formula is C18H26N4O. The zero-order valence-corrected chi connectivity index (χ0v) is 14.7. The number of aryl methyl sites for hydroxylation is 1. The van der Waals surface area contributed by atoms with E-state index in [2.05, 4.69) is 47.1 Å². The molecule has 0 spiro atoms. The first-order valence-corrected chi connectivity index (χ1v) is 7.91. The van der Waals surface area contributed by atoms with Gasteiger partial charge in [0.05, 0.1) is 12.3 Å². The molecule has 124 valence electrons. The van der Waals surface area contributed by atoms with Crippen LogP contribution in [0.15, 0.2) is 24.4 Å². The fourth-order valence-electron chi connectivity index (χ4n) is 2.13. The second kappa shape index (κ2) is 7.51. The van der Waals surface area contributed by atoms with E-state index in [-0.39, 0.29) is 5.41 Å². The quantitative estimate of drug-likeness (QED) is 0.886. The van der Waals surface area contributed by atoms with Crippen molar-refractivity contribution in [2.24, 2.45) is 0 Å². The van der Waals surface area contributed by atoms with Crippen molar-refractivity contribution in [3.8, 4) is 0 Å². The lowest BCUT2D eigenvalue weighted by atomic mass is 9.95. The van der Waals surface area contributed by atoms with Crippen LogP contribution < -0.4 is 5.32 Å². The van der Waals surface area contributed by atoms with Crippen LogP contribution in [0.5, 0.6) is 0 Å². The van der Waals surface area contributed by atoms with Crippen LogP contribution in [0.3, 0.4) is 0 Å². The van der Waals surface area contributed by atoms with Gasteiger partial charge in [-0.05, 0) is 25.0 Å². The zero-order chi connectivity index (χ0) is 16.9. The molecule has 0 aliphatic rings. The lowest BCUT2D eigenvalue weighted by molar-refractivity contribution is 0.181. The predicted octanol–water partition coefficient (Wildman–Crippen LogP) is 3.28. The average Bonchev–Trinajstić information content (AvgIpc) is 2.49. The van der Waals surface area contributed by atoms with Crippen LogP contribution in [0.1, 0.15) is 43.5 Å². The van der Waals surface area contributed by atoms with Gasteiger partial charge in [-0.1, -0.05) is 26.8 Å². The molecule has 2 aromatic rings. The SMILES string of the molecule is COCc1cc(NCCc2ccc(C)nc2)nc(C(C)(C)C)n1. The third-order valence-electron chi connectivity index (χ3n) is 3.43. The zero-order valence-electron chi connectivity index (χ0n) is 14.7. The lowest BCUT2D eigenvalue weighted by Gasteiger charge is -2.19. The van der Waals surface area contributed by atoms with Crippen molar-refractivity contribution in [3.63, 3.8) is 0 Å². The monoisotopic (exact) mass is 314 g/mol. The second-order valence-electron chi connectivity index (χ2n) is 6.74. The maximum atomic E-state index is 5.21. The molecule has 0 unspecified atom stereocenters. The van der Waals surface area contributed by atoms with E-state index in [0.29, 0.717) is 6.61 Å². The van der Waals surface area contributed by atoms with Crippen molar-refractivity contribution >= 4 is 5.82 Å². The Balaban J connectivity index is 2.06. The highest BCUT2D eigenvalue weighted by atomic mass is 16.5. The number of anilines is 1. The van der Waals surface area contributed by atoms with Gasteiger partial charge in [-0.15, -0.1) is 0 Å². The molecule has 2 heterocycles. The molecule has 0 atom stereocenters. The summed E-state index contributed by atoms with van der Waals surface area (Å²) in [4.78, 5) is 13.5. The van der Waals surface area contributed by atoms with Crippen LogP contribution in [0.4, 0.5) is 5.82 Å². The molecule has 2 aromatic heterocycles. The summed E-state index contributed by atoms with van der Waals surface area (Å²) in [5.41, 5.74) is 3.05. The lowest BCUT2D eigenvalue weighted by Crippen LogP contribution is -2.19. The molecule has 0 fully saturated rings. The van der Waals surface area contributed by atoms with Gasteiger partial charge < -0.3 is 10.1 Å². The van der Waals surface area contributed by atoms with E-state index < -0.39 is 0 Å². The van der Waals surface area contributed by atoms with Crippen LogP contribution in [0.2, 0.25) is 0 Å². The van der Waals surface area contributed by atoms with Crippen molar-refractivity contribution in [3.05, 3.63) is 47.2 Å². The maximum Gasteiger partial charge on any atom is 0.136 e. The van der Waals surface area contributed by atoms with Crippen LogP contribution in [0, 0.1) is 6.92 Å². The molecule has 0 amide bonds. The topological polar surface area (TPSA) is 59.9 Å². The summed E-state index contributed by atoms with van der Waals surface area (Å²) in [5, 5.41) is 3.38. The number of methoxy groups -OCH3 is 1. The Morgan fingerprint density at radius 3 is 2.57 bits per heavy atom. The first-order valence-electron chi connectivity index (χ1n) is 7.91. The van der Waals surface area contributed by atoms with Gasteiger partial charge in [-0.2, -0.15) is 0 Å². The summed E-state index contributed by atoms with van der Waals surface area (Å²) in [7, 11) is 1.68. The van der Waals surface area contributed by atoms with Crippen LogP contribution in [-0.2, 0) is 23.2 Å². The van der Waals surface area contributed by atoms with Crippen molar-refractivity contribution in [1.82, 2.24) is 15.0 Å². The summed E-state index contributed by atoms with van der Waals surface area (Å²) >= 11 is 0. The number of nitrogens with zero attached hydrogens (tertiary/aromatic N) is 3. The fourth-order valence-corrected chi connectivity index (χ4v) is 2.13. The number of nitrogens with one attached hydrogen (secondary N) is 1. The van der Waals surface area contributed by atoms with E-state index in [1.165, 1.54) is 5.56 Å². The molecule has 0 aliphatic carbocycles. The summed E-state index contributed by atoms with van der Waals surface area (Å²) in [6, 6.07) is 6.10. The molecule has 1 N–H and O–H groups in total. The minimum atomic E-state index is -0.0962. The third kappa shape index (κ3) is 5.28. The van der Waals surface area contributed by atoms with Crippen LogP contribution >= 0.6 is 0 Å². The van der Waals surface area contributed by atoms with Crippen molar-refractivity contribution in [2.75, 3.05) is 19.0 Å². The summed E-state index contributed by atoms with van der Waals surface area (Å²) in [5.74, 6) is 1.67. The van der Waals surface area contributed by atoms with E-state index in [1.807, 2.05) is 25.3 Å². The summed E-state index contributed by atoms with van der Waals surface area (Å²) < 4.78 is 5.21. The molecule has 2 rings (SSSR count). The van der Waals surface area contributed by atoms with Crippen molar-refractivity contribution in [1.29, 1.82) is 0 Å². The highest BCUT2D eigenvalue weighted by molar-refractivity contribution is 5.37. The number of ether oxygens (including phenoxy) is 1. The Labute approximate surface area is 138 Å². The van der Waals surface area contributed by atoms with Gasteiger partial charge in [0, 0.05) is 37.0 Å². The number of pyridine rings is 1. The summed E-state index contributed by atoms with van der Waals surface area (Å²) in [6.07, 6.45) is 2.83. The fraction of sp³-hybridized carbons (Fsp3) is 0.500. The van der Waals surface area contributed by atoms with Gasteiger partial charge in [0.1, 0.15) is 11.6 Å². The van der Waals surface area contributed by atoms with Gasteiger partial charge >= 0.3 is 0 Å². The molecule has 0 bridgehead atoms. The molecule has 5 nitrogen and oxygen atoms in total. The van der Waals surface area contributed by atoms with E-state index >= 15 is 0 Å². The van der Waals surface area contributed by atoms with Crippen molar-refractivity contribution < 1.29 is 4.74 Å². The molecule has 0 saturated heterocycles. The Morgan fingerprint density at radius 1 is 1.17 bits per heavy atom. The van der Waals surface area contributed by atoms with E-state index in [9.17, 15) is 0 Å². The van der Waals surface area contributed by atoms with Gasteiger partial charge in [0.15, 0.2) is 0 Å². The highest BCUT2D eigenvalue weighted by Gasteiger charge is 2.19. The minimum Gasteiger partial charge on any atom is -0.378 e. The van der Waals surface area contributed by atoms with Gasteiger partial charge in [-0.3, -0.25) is 4.98 Å². The first kappa shape index (κ1) is 17.3. The van der Waals surface area contributed by atoms with Gasteiger partial charge in [-0.25, -0.2) is 9.97 Å². The van der Waals surface area contributed by atoms with Crippen LogP contribution in [-0.4, -0.2) is 28.6 Å². The Kier molecular flexibility index (Phi) is 5.66. The third-order valence-corrected chi connectivity index (χ3v) is 3.43. The Morgan fingerprint density at radius 2 is 1.96 bits per heavy atom. The number of aromatic nitrogens is 3. The number of rotatable bonds is 6. The highest BCUT2D eigenvalue weighted by Crippen LogP contribution is 2.20. The molecular weight excluding hydrogens is 288 g/mol. The normalized spacial score (nSPS) is 11.5. The second-order valence-corrected chi connectivity index (χ2v) is 6.74. The van der Waals surface area contributed by atoms with Crippen molar-refractivity contribution in [2.45, 2.75) is 46.1 Å². The molecule has 5 heteroatoms. The first-order chi connectivity index (χ1) is 10.9. The minimum absolute atomic E-state index is 0.0962. The molecule has 0 radical (unpaired) electrons. The molecule has 0 aliphatic heterocycles. The van der Waals surface area contributed by atoms with Gasteiger partial charge in [0.2, 0.25) is 0 Å². The number of hydrogen-bond donors (Lipinski definition) is 1. The summed E-state index contributed by atoms with van der Waals surface area (Å²) in [6.45, 7) is 9.62. The largest absolute Gasteiger partial charge is 0.378 e. The van der Waals surface area contributed by atoms with E-state index in [0.717, 1.165) is 36.0 Å². The predicted molar refractivity (Wildman–Crippen MR) is 92.6 cm³/mol. The standard InChI is InChI=1S/C18H26N4O/c1-13-6-7-14(11-20-13)8-9-19-16-10-15(12-23-5)21-17(22-16)18(2,3)4/h6-7,10-11H,8-9,12H2,1-5H3,(H,19,21,22). The maximum absolute atomic E-state index is 5.21.